The summed E-state index contributed by atoms with van der Waals surface area (Å²) in [4.78, 5) is 9.04. The number of benzene rings is 1. The molecule has 1 unspecified atom stereocenters. The van der Waals surface area contributed by atoms with E-state index in [0.717, 1.165) is 29.1 Å². The number of allylic oxidation sites excluding steroid dienone is 4. The molecule has 0 saturated heterocycles. The summed E-state index contributed by atoms with van der Waals surface area (Å²) in [6.07, 6.45) is 9.40. The van der Waals surface area contributed by atoms with E-state index in [1.54, 1.807) is 0 Å². The second-order valence-electron chi connectivity index (χ2n) is 4.40. The highest BCUT2D eigenvalue weighted by Crippen LogP contribution is 2.24. The molecule has 1 atom stereocenters. The first-order valence-electron chi connectivity index (χ1n) is 6.24. The first-order valence-corrected chi connectivity index (χ1v) is 7.49. The van der Waals surface area contributed by atoms with Crippen molar-refractivity contribution in [3.63, 3.8) is 0 Å². The minimum atomic E-state index is 0.582. The summed E-state index contributed by atoms with van der Waals surface area (Å²) < 4.78 is 0.582. The van der Waals surface area contributed by atoms with Crippen molar-refractivity contribution in [2.75, 3.05) is 0 Å². The molecule has 1 aliphatic rings. The summed E-state index contributed by atoms with van der Waals surface area (Å²) in [6, 6.07) is 12.1. The van der Waals surface area contributed by atoms with Gasteiger partial charge in [0, 0.05) is 21.3 Å². The van der Waals surface area contributed by atoms with Gasteiger partial charge >= 0.3 is 0 Å². The smallest absolute Gasteiger partial charge is 0.159 e. The highest BCUT2D eigenvalue weighted by Gasteiger charge is 2.09. The molecule has 0 radical (unpaired) electrons. The minimum Gasteiger partial charge on any atom is -0.237 e. The van der Waals surface area contributed by atoms with Gasteiger partial charge in [-0.3, -0.25) is 0 Å². The van der Waals surface area contributed by atoms with Crippen molar-refractivity contribution in [2.45, 2.75) is 10.3 Å². The third-order valence-electron chi connectivity index (χ3n) is 3.03. The summed E-state index contributed by atoms with van der Waals surface area (Å²) in [5.41, 5.74) is 3.21. The second kappa shape index (κ2) is 5.65. The van der Waals surface area contributed by atoms with E-state index < -0.39 is 0 Å². The fourth-order valence-electron chi connectivity index (χ4n) is 2.03. The van der Waals surface area contributed by atoms with Crippen LogP contribution >= 0.6 is 22.6 Å². The van der Waals surface area contributed by atoms with Gasteiger partial charge in [-0.15, -0.1) is 0 Å². The van der Waals surface area contributed by atoms with Crippen molar-refractivity contribution >= 4 is 28.2 Å². The van der Waals surface area contributed by atoms with E-state index in [1.807, 2.05) is 30.5 Å². The molecule has 3 rings (SSSR count). The SMILES string of the molecule is IC1C=CC(c2nccc(-c3ccccc3)n2)=CC1. The van der Waals surface area contributed by atoms with Crippen molar-refractivity contribution in [1.82, 2.24) is 9.97 Å². The fourth-order valence-corrected chi connectivity index (χ4v) is 2.49. The minimum absolute atomic E-state index is 0.582. The highest BCUT2D eigenvalue weighted by atomic mass is 127. The predicted octanol–water partition coefficient (Wildman–Crippen LogP) is 4.29. The topological polar surface area (TPSA) is 25.8 Å². The molecule has 0 spiro atoms. The molecule has 1 heterocycles. The zero-order valence-electron chi connectivity index (χ0n) is 10.3. The van der Waals surface area contributed by atoms with Crippen LogP contribution in [0.1, 0.15) is 12.2 Å². The van der Waals surface area contributed by atoms with Crippen LogP contribution in [0.2, 0.25) is 0 Å². The average Bonchev–Trinajstić information content (AvgIpc) is 2.49. The van der Waals surface area contributed by atoms with Crippen molar-refractivity contribution in [3.8, 4) is 11.3 Å². The van der Waals surface area contributed by atoms with Crippen LogP contribution in [0.5, 0.6) is 0 Å². The number of hydrogen-bond acceptors (Lipinski definition) is 2. The Morgan fingerprint density at radius 3 is 2.68 bits per heavy atom. The van der Waals surface area contributed by atoms with Gasteiger partial charge in [-0.2, -0.15) is 0 Å². The second-order valence-corrected chi connectivity index (χ2v) is 6.00. The van der Waals surface area contributed by atoms with Gasteiger partial charge in [0.05, 0.1) is 5.69 Å². The first kappa shape index (κ1) is 12.5. The molecule has 1 aliphatic carbocycles. The number of nitrogens with zero attached hydrogens (tertiary/aromatic N) is 2. The molecule has 0 amide bonds. The summed E-state index contributed by atoms with van der Waals surface area (Å²) >= 11 is 2.43. The Labute approximate surface area is 126 Å². The standard InChI is InChI=1S/C16H13IN2/c17-14-8-6-13(7-9-14)16-18-11-10-15(19-16)12-4-2-1-3-5-12/h1-8,10-11,14H,9H2. The summed E-state index contributed by atoms with van der Waals surface area (Å²) in [6.45, 7) is 0. The monoisotopic (exact) mass is 360 g/mol. The Morgan fingerprint density at radius 2 is 1.95 bits per heavy atom. The van der Waals surface area contributed by atoms with Crippen LogP contribution in [-0.4, -0.2) is 13.9 Å². The Balaban J connectivity index is 1.95. The molecule has 0 bridgehead atoms. The Morgan fingerprint density at radius 1 is 1.11 bits per heavy atom. The molecular weight excluding hydrogens is 347 g/mol. The quantitative estimate of drug-likeness (QED) is 0.590. The van der Waals surface area contributed by atoms with Crippen LogP contribution in [0.4, 0.5) is 0 Å². The van der Waals surface area contributed by atoms with Crippen molar-refractivity contribution in [3.05, 3.63) is 66.6 Å². The molecule has 1 aromatic heterocycles. The number of hydrogen-bond donors (Lipinski definition) is 0. The normalized spacial score (nSPS) is 18.2. The summed E-state index contributed by atoms with van der Waals surface area (Å²) in [7, 11) is 0. The lowest BCUT2D eigenvalue weighted by molar-refractivity contribution is 1.07. The van der Waals surface area contributed by atoms with Gasteiger partial charge in [-0.25, -0.2) is 9.97 Å². The molecule has 0 saturated carbocycles. The predicted molar refractivity (Wildman–Crippen MR) is 87.0 cm³/mol. The van der Waals surface area contributed by atoms with Crippen LogP contribution in [0.25, 0.3) is 16.8 Å². The molecule has 3 heteroatoms. The third kappa shape index (κ3) is 2.92. The van der Waals surface area contributed by atoms with Gasteiger partial charge in [0.2, 0.25) is 0 Å². The van der Waals surface area contributed by atoms with E-state index in [0.29, 0.717) is 3.92 Å². The number of alkyl halides is 1. The lowest BCUT2D eigenvalue weighted by Crippen LogP contribution is -2.00. The van der Waals surface area contributed by atoms with Gasteiger partial charge in [0.15, 0.2) is 5.82 Å². The van der Waals surface area contributed by atoms with E-state index in [1.165, 1.54) is 0 Å². The van der Waals surface area contributed by atoms with Gasteiger partial charge < -0.3 is 0 Å². The van der Waals surface area contributed by atoms with E-state index in [2.05, 4.69) is 62.9 Å². The Bertz CT molecular complexity index is 632. The molecule has 94 valence electrons. The summed E-state index contributed by atoms with van der Waals surface area (Å²) in [5, 5.41) is 0. The molecule has 0 N–H and O–H groups in total. The van der Waals surface area contributed by atoms with Gasteiger partial charge in [-0.05, 0) is 12.5 Å². The van der Waals surface area contributed by atoms with Crippen LogP contribution in [0, 0.1) is 0 Å². The van der Waals surface area contributed by atoms with Gasteiger partial charge in [0.1, 0.15) is 0 Å². The highest BCUT2D eigenvalue weighted by molar-refractivity contribution is 14.1. The zero-order chi connectivity index (χ0) is 13.1. The molecule has 1 aromatic carbocycles. The van der Waals surface area contributed by atoms with E-state index in [4.69, 9.17) is 0 Å². The lowest BCUT2D eigenvalue weighted by atomic mass is 10.1. The van der Waals surface area contributed by atoms with Gasteiger partial charge in [0.25, 0.3) is 0 Å². The van der Waals surface area contributed by atoms with E-state index in [-0.39, 0.29) is 0 Å². The molecule has 2 aromatic rings. The maximum absolute atomic E-state index is 4.66. The molecular formula is C16H13IN2. The lowest BCUT2D eigenvalue weighted by Gasteiger charge is -2.10. The third-order valence-corrected chi connectivity index (χ3v) is 3.95. The van der Waals surface area contributed by atoms with Crippen molar-refractivity contribution in [2.24, 2.45) is 0 Å². The zero-order valence-corrected chi connectivity index (χ0v) is 12.5. The first-order chi connectivity index (χ1) is 9.33. The van der Waals surface area contributed by atoms with Crippen LogP contribution in [0.15, 0.2) is 60.8 Å². The molecule has 2 nitrogen and oxygen atoms in total. The van der Waals surface area contributed by atoms with Gasteiger partial charge in [-0.1, -0.05) is 71.2 Å². The summed E-state index contributed by atoms with van der Waals surface area (Å²) in [5.74, 6) is 0.806. The largest absolute Gasteiger partial charge is 0.237 e. The number of rotatable bonds is 2. The van der Waals surface area contributed by atoms with Crippen LogP contribution in [-0.2, 0) is 0 Å². The average molecular weight is 360 g/mol. The molecule has 0 fully saturated rings. The maximum Gasteiger partial charge on any atom is 0.159 e. The van der Waals surface area contributed by atoms with Crippen LogP contribution < -0.4 is 0 Å². The Hall–Kier alpha value is -1.49. The van der Waals surface area contributed by atoms with Crippen molar-refractivity contribution in [1.29, 1.82) is 0 Å². The molecule has 19 heavy (non-hydrogen) atoms. The number of aromatic nitrogens is 2. The fraction of sp³-hybridized carbons (Fsp3) is 0.125. The van der Waals surface area contributed by atoms with Crippen molar-refractivity contribution < 1.29 is 0 Å². The molecule has 0 aliphatic heterocycles. The van der Waals surface area contributed by atoms with E-state index in [9.17, 15) is 0 Å². The Kier molecular flexibility index (Phi) is 3.73. The van der Waals surface area contributed by atoms with E-state index >= 15 is 0 Å². The number of halogens is 1. The maximum atomic E-state index is 4.66. The van der Waals surface area contributed by atoms with Crippen LogP contribution in [0.3, 0.4) is 0 Å².